The van der Waals surface area contributed by atoms with Crippen LogP contribution in [0.25, 0.3) is 11.3 Å². The molecule has 2 N–H and O–H groups in total. The molecule has 4 aliphatic heterocycles. The van der Waals surface area contributed by atoms with Crippen molar-refractivity contribution in [3.05, 3.63) is 24.2 Å². The van der Waals surface area contributed by atoms with E-state index in [4.69, 9.17) is 29.2 Å². The molecule has 4 atom stereocenters. The van der Waals surface area contributed by atoms with Gasteiger partial charge in [-0.25, -0.2) is 19.7 Å². The van der Waals surface area contributed by atoms with E-state index in [1.807, 2.05) is 40.0 Å². The van der Waals surface area contributed by atoms with Crippen LogP contribution in [0.4, 0.5) is 16.4 Å². The Labute approximate surface area is 260 Å². The van der Waals surface area contributed by atoms with Gasteiger partial charge in [0, 0.05) is 36.8 Å². The quantitative estimate of drug-likeness (QED) is 0.457. The van der Waals surface area contributed by atoms with Crippen molar-refractivity contribution in [2.24, 2.45) is 11.3 Å². The Hall–Kier alpha value is -3.18. The molecular weight excluding hydrogens is 560 g/mol. The monoisotopic (exact) mass is 608 g/mol. The van der Waals surface area contributed by atoms with Crippen LogP contribution in [-0.2, 0) is 16.1 Å². The number of rotatable bonds is 7. The molecule has 0 saturated carbocycles. The first-order valence-corrected chi connectivity index (χ1v) is 16.3. The highest BCUT2D eigenvalue weighted by Gasteiger charge is 2.51. The molecule has 6 rings (SSSR count). The number of hydrogen-bond donors (Lipinski definition) is 2. The number of aromatic nitrogens is 3. The Bertz CT molecular complexity index is 1340. The third-order valence-electron chi connectivity index (χ3n) is 9.79. The molecule has 44 heavy (non-hydrogen) atoms. The van der Waals surface area contributed by atoms with Crippen molar-refractivity contribution >= 4 is 17.7 Å². The van der Waals surface area contributed by atoms with E-state index in [0.717, 1.165) is 42.9 Å². The second kappa shape index (κ2) is 12.3. The molecule has 1 amide bonds. The Morgan fingerprint density at radius 1 is 1.23 bits per heavy atom. The maximum Gasteiger partial charge on any atom is 0.407 e. The van der Waals surface area contributed by atoms with Gasteiger partial charge in [0.2, 0.25) is 0 Å². The Morgan fingerprint density at radius 3 is 2.75 bits per heavy atom. The number of nitrogens with zero attached hydrogens (tertiary/aromatic N) is 5. The lowest BCUT2D eigenvalue weighted by Crippen LogP contribution is -2.55. The number of anilines is 2. The summed E-state index contributed by atoms with van der Waals surface area (Å²) in [6.45, 7) is 13.3. The minimum Gasteiger partial charge on any atom is -0.487 e. The first kappa shape index (κ1) is 30.8. The maximum atomic E-state index is 12.6. The van der Waals surface area contributed by atoms with Crippen LogP contribution in [0.15, 0.2) is 18.5 Å². The number of nitrogens with one attached hydrogen (secondary N) is 1. The van der Waals surface area contributed by atoms with Crippen LogP contribution < -0.4 is 19.9 Å². The number of aliphatic hydroxyl groups is 1. The number of alkyl carbamates (subject to hydrolysis) is 1. The normalized spacial score (nSPS) is 25.9. The topological polar surface area (TPSA) is 122 Å². The number of unbranched alkanes of at least 4 members (excludes halogenated alkanes) is 1. The molecule has 11 nitrogen and oxygen atoms in total. The summed E-state index contributed by atoms with van der Waals surface area (Å²) in [5, 5.41) is 13.5. The summed E-state index contributed by atoms with van der Waals surface area (Å²) in [5.74, 6) is 3.01. The minimum atomic E-state index is -0.565. The van der Waals surface area contributed by atoms with Gasteiger partial charge in [-0.05, 0) is 65.4 Å². The van der Waals surface area contributed by atoms with Crippen LogP contribution >= 0.6 is 0 Å². The number of ether oxygens (including phenoxy) is 3. The van der Waals surface area contributed by atoms with Crippen molar-refractivity contribution in [2.75, 3.05) is 42.6 Å². The van der Waals surface area contributed by atoms with Crippen LogP contribution in [0.2, 0.25) is 0 Å². The molecular formula is C33H48N6O5. The zero-order chi connectivity index (χ0) is 31.1. The van der Waals surface area contributed by atoms with Gasteiger partial charge in [0.05, 0.1) is 43.3 Å². The number of hydrogen-bond acceptors (Lipinski definition) is 10. The highest BCUT2D eigenvalue weighted by Crippen LogP contribution is 2.45. The molecule has 6 heterocycles. The predicted molar refractivity (Wildman–Crippen MR) is 168 cm³/mol. The Morgan fingerprint density at radius 2 is 2.02 bits per heavy atom. The fourth-order valence-electron chi connectivity index (χ4n) is 7.52. The smallest absolute Gasteiger partial charge is 0.407 e. The van der Waals surface area contributed by atoms with E-state index in [2.05, 4.69) is 22.0 Å². The number of carbonyl (C=O) groups is 1. The lowest BCUT2D eigenvalue weighted by Gasteiger charge is -2.43. The largest absolute Gasteiger partial charge is 0.487 e. The van der Waals surface area contributed by atoms with Crippen molar-refractivity contribution in [3.8, 4) is 17.0 Å². The van der Waals surface area contributed by atoms with E-state index in [1.54, 1.807) is 6.20 Å². The van der Waals surface area contributed by atoms with Gasteiger partial charge in [0.1, 0.15) is 17.9 Å². The molecule has 0 bridgehead atoms. The van der Waals surface area contributed by atoms with E-state index in [9.17, 15) is 9.90 Å². The summed E-state index contributed by atoms with van der Waals surface area (Å²) in [6, 6.07) is 2.15. The Kier molecular flexibility index (Phi) is 8.63. The molecule has 0 aliphatic carbocycles. The van der Waals surface area contributed by atoms with Gasteiger partial charge in [-0.1, -0.05) is 19.8 Å². The van der Waals surface area contributed by atoms with Gasteiger partial charge >= 0.3 is 6.09 Å². The molecule has 11 heteroatoms. The van der Waals surface area contributed by atoms with Crippen LogP contribution in [0, 0.1) is 11.3 Å². The third kappa shape index (κ3) is 6.05. The molecule has 4 aliphatic rings. The van der Waals surface area contributed by atoms with Crippen molar-refractivity contribution in [2.45, 2.75) is 104 Å². The molecule has 2 aromatic heterocycles. The number of fused-ring (bicyclic) bond motifs is 3. The highest BCUT2D eigenvalue weighted by molar-refractivity contribution is 5.75. The summed E-state index contributed by atoms with van der Waals surface area (Å²) in [4.78, 5) is 31.7. The first-order chi connectivity index (χ1) is 21.1. The zero-order valence-electron chi connectivity index (χ0n) is 26.8. The fraction of sp³-hybridized carbons (Fsp3) is 0.697. The van der Waals surface area contributed by atoms with Gasteiger partial charge in [-0.15, -0.1) is 0 Å². The summed E-state index contributed by atoms with van der Waals surface area (Å²) in [7, 11) is 0. The molecule has 1 spiro atoms. The SMILES string of the molecule is CCCCC1C[C@H]2COc3c(-c4cnc(N5CCC6(CC5)COC(C)C6NC(=O)OC(C)(C)C)c(CO)n4)ccnc3N2C1. The first-order valence-electron chi connectivity index (χ1n) is 16.3. The summed E-state index contributed by atoms with van der Waals surface area (Å²) >= 11 is 0. The van der Waals surface area contributed by atoms with E-state index in [0.29, 0.717) is 55.5 Å². The van der Waals surface area contributed by atoms with E-state index < -0.39 is 11.7 Å². The van der Waals surface area contributed by atoms with E-state index in [-0.39, 0.29) is 24.2 Å². The van der Waals surface area contributed by atoms with E-state index in [1.165, 1.54) is 19.3 Å². The minimum absolute atomic E-state index is 0.104. The molecule has 3 unspecified atom stereocenters. The fourth-order valence-corrected chi connectivity index (χ4v) is 7.52. The lowest BCUT2D eigenvalue weighted by atomic mass is 9.73. The average Bonchev–Trinajstić information content (AvgIpc) is 3.56. The second-order valence-electron chi connectivity index (χ2n) is 14.0. The molecule has 0 aromatic carbocycles. The summed E-state index contributed by atoms with van der Waals surface area (Å²) in [6.07, 6.45) is 9.59. The lowest BCUT2D eigenvalue weighted by molar-refractivity contribution is 0.0434. The van der Waals surface area contributed by atoms with Crippen molar-refractivity contribution < 1.29 is 24.1 Å². The number of piperidine rings is 1. The predicted octanol–water partition coefficient (Wildman–Crippen LogP) is 4.71. The number of amides is 1. The van der Waals surface area contributed by atoms with Gasteiger partial charge in [-0.2, -0.15) is 0 Å². The maximum absolute atomic E-state index is 12.6. The van der Waals surface area contributed by atoms with Crippen LogP contribution in [-0.4, -0.2) is 82.8 Å². The number of aliphatic hydroxyl groups excluding tert-OH is 1. The van der Waals surface area contributed by atoms with Crippen molar-refractivity contribution in [1.82, 2.24) is 20.3 Å². The van der Waals surface area contributed by atoms with Crippen LogP contribution in [0.5, 0.6) is 5.75 Å². The van der Waals surface area contributed by atoms with Crippen molar-refractivity contribution in [1.29, 1.82) is 0 Å². The second-order valence-corrected chi connectivity index (χ2v) is 14.0. The van der Waals surface area contributed by atoms with Gasteiger partial charge in [0.25, 0.3) is 0 Å². The molecule has 2 aromatic rings. The molecule has 240 valence electrons. The van der Waals surface area contributed by atoms with Gasteiger partial charge in [0.15, 0.2) is 17.4 Å². The van der Waals surface area contributed by atoms with E-state index >= 15 is 0 Å². The third-order valence-corrected chi connectivity index (χ3v) is 9.79. The summed E-state index contributed by atoms with van der Waals surface area (Å²) in [5.41, 5.74) is 1.31. The average molecular weight is 609 g/mol. The standard InChI is InChI=1S/C33H48N6O5/c1-6-7-8-22-15-23-19-42-27-24(9-12-34-30(27)39(23)17-22)25-16-35-29(26(18-40)36-25)38-13-10-33(11-14-38)20-43-21(2)28(33)37-31(41)44-32(3,4)5/h9,12,16,21-23,28,40H,6-8,10-11,13-15,17-20H2,1-5H3,(H,37,41)/t21?,22?,23-,28?/m0/s1. The Balaban J connectivity index is 1.17. The van der Waals surface area contributed by atoms with Crippen LogP contribution in [0.3, 0.4) is 0 Å². The number of pyridine rings is 1. The van der Waals surface area contributed by atoms with Crippen LogP contribution in [0.1, 0.15) is 78.8 Å². The molecule has 3 fully saturated rings. The molecule has 3 saturated heterocycles. The van der Waals surface area contributed by atoms with Crippen molar-refractivity contribution in [3.63, 3.8) is 0 Å². The zero-order valence-corrected chi connectivity index (χ0v) is 26.8. The van der Waals surface area contributed by atoms with Gasteiger partial charge < -0.3 is 34.4 Å². The summed E-state index contributed by atoms with van der Waals surface area (Å²) < 4.78 is 17.9. The molecule has 0 radical (unpaired) electrons. The number of carbonyl (C=O) groups excluding carboxylic acids is 1. The van der Waals surface area contributed by atoms with Gasteiger partial charge in [-0.3, -0.25) is 0 Å². The highest BCUT2D eigenvalue weighted by atomic mass is 16.6.